The lowest BCUT2D eigenvalue weighted by atomic mass is 10.1. The maximum absolute atomic E-state index is 13.6. The van der Waals surface area contributed by atoms with E-state index in [1.165, 1.54) is 19.2 Å². The Labute approximate surface area is 96.3 Å². The maximum atomic E-state index is 13.6. The summed E-state index contributed by atoms with van der Waals surface area (Å²) in [4.78, 5) is 11.5. The van der Waals surface area contributed by atoms with Gasteiger partial charge in [-0.2, -0.15) is 4.86 Å². The third kappa shape index (κ3) is 2.17. The predicted molar refractivity (Wildman–Crippen MR) is 54.6 cm³/mol. The van der Waals surface area contributed by atoms with Crippen LogP contribution in [0.15, 0.2) is 23.4 Å². The molecule has 1 atom stereocenters. The van der Waals surface area contributed by atoms with Crippen molar-refractivity contribution in [2.45, 2.75) is 12.5 Å². The normalized spacial score (nSPS) is 18.8. The number of carbonyl (C=O) groups is 1. The van der Waals surface area contributed by atoms with E-state index in [4.69, 9.17) is 4.74 Å². The molecule has 90 valence electrons. The highest BCUT2D eigenvalue weighted by atomic mass is 19.1. The summed E-state index contributed by atoms with van der Waals surface area (Å²) in [6, 6.07) is 3.23. The highest BCUT2D eigenvalue weighted by molar-refractivity contribution is 5.81. The van der Waals surface area contributed by atoms with Crippen molar-refractivity contribution >= 4 is 5.91 Å². The lowest BCUT2D eigenvalue weighted by Crippen LogP contribution is -2.31. The average molecular weight is 239 g/mol. The molecule has 0 aliphatic carbocycles. The largest absolute Gasteiger partial charge is 0.695 e. The van der Waals surface area contributed by atoms with Gasteiger partial charge in [-0.25, -0.2) is 9.18 Å². The van der Waals surface area contributed by atoms with Gasteiger partial charge in [-0.3, -0.25) is 0 Å². The fourth-order valence-corrected chi connectivity index (χ4v) is 1.54. The van der Waals surface area contributed by atoms with Crippen molar-refractivity contribution in [3.8, 4) is 5.75 Å². The van der Waals surface area contributed by atoms with Gasteiger partial charge in [0.2, 0.25) is 6.04 Å². The molecule has 1 N–H and O–H groups in total. The first-order chi connectivity index (χ1) is 8.11. The third-order valence-corrected chi connectivity index (χ3v) is 2.50. The van der Waals surface area contributed by atoms with Crippen LogP contribution in [0, 0.1) is 11.0 Å². The molecular formula is C10H10FN3O3. The van der Waals surface area contributed by atoms with Gasteiger partial charge in [-0.05, 0) is 11.6 Å². The van der Waals surface area contributed by atoms with Gasteiger partial charge in [-0.15, -0.1) is 5.43 Å². The summed E-state index contributed by atoms with van der Waals surface area (Å²) in [6.45, 7) is 0. The SMILES string of the molecule is COc1ccc(CC2C(=O)NN=[N+]2[O-])c(F)c1. The van der Waals surface area contributed by atoms with Crippen LogP contribution in [0.5, 0.6) is 5.75 Å². The standard InChI is InChI=1S/C10H10FN3O3/c1-17-7-3-2-6(8(11)5-7)4-9-10(15)12-13-14(9)16/h2-3,5,9H,4H2,1H3,(H,12,15). The first kappa shape index (κ1) is 11.3. The van der Waals surface area contributed by atoms with Crippen molar-refractivity contribution in [3.05, 3.63) is 34.8 Å². The minimum atomic E-state index is -1.02. The number of ether oxygens (including phenoxy) is 1. The van der Waals surface area contributed by atoms with E-state index < -0.39 is 17.8 Å². The van der Waals surface area contributed by atoms with Crippen LogP contribution in [0.4, 0.5) is 4.39 Å². The number of nitrogens with zero attached hydrogens (tertiary/aromatic N) is 2. The number of amides is 1. The van der Waals surface area contributed by atoms with Gasteiger partial charge in [-0.1, -0.05) is 6.07 Å². The quantitative estimate of drug-likeness (QED) is 0.624. The second-order valence-electron chi connectivity index (χ2n) is 3.56. The van der Waals surface area contributed by atoms with Crippen molar-refractivity contribution < 1.29 is 18.8 Å². The van der Waals surface area contributed by atoms with Crippen molar-refractivity contribution in [3.63, 3.8) is 0 Å². The molecule has 1 aliphatic rings. The molecule has 0 saturated carbocycles. The smallest absolute Gasteiger partial charge is 0.374 e. The van der Waals surface area contributed by atoms with E-state index in [1.54, 1.807) is 6.07 Å². The Morgan fingerprint density at radius 3 is 2.94 bits per heavy atom. The van der Waals surface area contributed by atoms with Crippen LogP contribution >= 0.6 is 0 Å². The fourth-order valence-electron chi connectivity index (χ4n) is 1.54. The zero-order valence-corrected chi connectivity index (χ0v) is 9.01. The highest BCUT2D eigenvalue weighted by Crippen LogP contribution is 2.18. The van der Waals surface area contributed by atoms with Gasteiger partial charge in [0.05, 0.1) is 12.3 Å². The van der Waals surface area contributed by atoms with Gasteiger partial charge >= 0.3 is 5.91 Å². The van der Waals surface area contributed by atoms with E-state index in [2.05, 4.69) is 5.22 Å². The summed E-state index contributed by atoms with van der Waals surface area (Å²) in [5.41, 5.74) is 2.30. The monoisotopic (exact) mass is 239 g/mol. The van der Waals surface area contributed by atoms with Crippen LogP contribution in [-0.2, 0) is 11.2 Å². The van der Waals surface area contributed by atoms with Crippen LogP contribution in [-0.4, -0.2) is 23.9 Å². The number of methoxy groups -OCH3 is 1. The van der Waals surface area contributed by atoms with Crippen LogP contribution < -0.4 is 10.2 Å². The molecule has 0 saturated heterocycles. The van der Waals surface area contributed by atoms with Gasteiger partial charge in [0.15, 0.2) is 0 Å². The summed E-state index contributed by atoms with van der Waals surface area (Å²) in [7, 11) is 1.43. The second-order valence-corrected chi connectivity index (χ2v) is 3.56. The molecule has 0 bridgehead atoms. The van der Waals surface area contributed by atoms with E-state index in [0.29, 0.717) is 5.75 Å². The van der Waals surface area contributed by atoms with Gasteiger partial charge in [0, 0.05) is 12.5 Å². The third-order valence-electron chi connectivity index (χ3n) is 2.50. The number of hydrogen-bond donors (Lipinski definition) is 1. The first-order valence-corrected chi connectivity index (χ1v) is 4.91. The van der Waals surface area contributed by atoms with Crippen LogP contribution in [0.25, 0.3) is 0 Å². The van der Waals surface area contributed by atoms with Crippen molar-refractivity contribution in [1.82, 2.24) is 5.43 Å². The summed E-state index contributed by atoms with van der Waals surface area (Å²) in [5.74, 6) is -0.668. The molecule has 1 aromatic carbocycles. The zero-order valence-electron chi connectivity index (χ0n) is 9.01. The number of benzene rings is 1. The Kier molecular flexibility index (Phi) is 2.90. The molecule has 0 aromatic heterocycles. The molecule has 1 amide bonds. The number of carbonyl (C=O) groups excluding carboxylic acids is 1. The van der Waals surface area contributed by atoms with Crippen molar-refractivity contribution in [1.29, 1.82) is 0 Å². The van der Waals surface area contributed by atoms with Crippen LogP contribution in [0.2, 0.25) is 0 Å². The highest BCUT2D eigenvalue weighted by Gasteiger charge is 2.33. The predicted octanol–water partition coefficient (Wildman–Crippen LogP) is 0.753. The molecule has 0 radical (unpaired) electrons. The molecule has 1 aliphatic heterocycles. The molecule has 6 nitrogen and oxygen atoms in total. The average Bonchev–Trinajstić information content (AvgIpc) is 2.63. The summed E-state index contributed by atoms with van der Waals surface area (Å²) in [5, 5.41) is 14.3. The Morgan fingerprint density at radius 2 is 2.41 bits per heavy atom. The van der Waals surface area contributed by atoms with E-state index >= 15 is 0 Å². The summed E-state index contributed by atoms with van der Waals surface area (Å²) in [6.07, 6.45) is -0.0331. The fraction of sp³-hybridized carbons (Fsp3) is 0.300. The molecule has 0 fully saturated rings. The number of hydroxylamine groups is 1. The number of hydrogen-bond acceptors (Lipinski definition) is 4. The lowest BCUT2D eigenvalue weighted by molar-refractivity contribution is -0.545. The van der Waals surface area contributed by atoms with E-state index in [9.17, 15) is 14.4 Å². The van der Waals surface area contributed by atoms with Gasteiger partial charge < -0.3 is 9.94 Å². The minimum Gasteiger partial charge on any atom is -0.695 e. The Morgan fingerprint density at radius 1 is 1.65 bits per heavy atom. The lowest BCUT2D eigenvalue weighted by Gasteiger charge is -2.10. The molecule has 1 unspecified atom stereocenters. The van der Waals surface area contributed by atoms with Gasteiger partial charge in [0.25, 0.3) is 0 Å². The van der Waals surface area contributed by atoms with Crippen molar-refractivity contribution in [2.75, 3.05) is 7.11 Å². The maximum Gasteiger partial charge on any atom is 0.374 e. The van der Waals surface area contributed by atoms with Crippen LogP contribution in [0.3, 0.4) is 0 Å². The Bertz CT molecular complexity index is 490. The second kappa shape index (κ2) is 4.36. The molecule has 0 spiro atoms. The molecule has 7 heteroatoms. The zero-order chi connectivity index (χ0) is 12.4. The van der Waals surface area contributed by atoms with E-state index in [1.807, 2.05) is 5.43 Å². The van der Waals surface area contributed by atoms with Crippen LogP contribution in [0.1, 0.15) is 5.56 Å². The minimum absolute atomic E-state index is 0.0331. The summed E-state index contributed by atoms with van der Waals surface area (Å²) < 4.78 is 18.4. The van der Waals surface area contributed by atoms with E-state index in [-0.39, 0.29) is 16.8 Å². The Balaban J connectivity index is 2.19. The summed E-state index contributed by atoms with van der Waals surface area (Å²) >= 11 is 0. The molecule has 1 aromatic rings. The van der Waals surface area contributed by atoms with E-state index in [0.717, 1.165) is 0 Å². The molecule has 2 rings (SSSR count). The number of rotatable bonds is 3. The van der Waals surface area contributed by atoms with Crippen molar-refractivity contribution in [2.24, 2.45) is 5.22 Å². The Hall–Kier alpha value is -2.18. The number of nitrogens with one attached hydrogen (secondary N) is 1. The first-order valence-electron chi connectivity index (χ1n) is 4.91. The molecular weight excluding hydrogens is 229 g/mol. The topological polar surface area (TPSA) is 76.8 Å². The van der Waals surface area contributed by atoms with Gasteiger partial charge in [0.1, 0.15) is 11.6 Å². The molecule has 1 heterocycles. The number of halogens is 1. The molecule has 17 heavy (non-hydrogen) atoms.